The third-order valence-corrected chi connectivity index (χ3v) is 7.24. The van der Waals surface area contributed by atoms with Crippen LogP contribution >= 0.6 is 0 Å². The second kappa shape index (κ2) is 14.5. The molecule has 0 radical (unpaired) electrons. The molecule has 9 N–H and O–H groups in total. The van der Waals surface area contributed by atoms with Crippen LogP contribution in [0.4, 0.5) is 10.5 Å². The van der Waals surface area contributed by atoms with Gasteiger partial charge in [-0.05, 0) is 47.2 Å². The molecule has 4 rings (SSSR count). The molecule has 3 aromatic carbocycles. The highest BCUT2D eigenvalue weighted by molar-refractivity contribution is 6.09. The quantitative estimate of drug-likeness (QED) is 0.0569. The van der Waals surface area contributed by atoms with Gasteiger partial charge in [0.05, 0.1) is 5.92 Å². The number of amides is 5. The summed E-state index contributed by atoms with van der Waals surface area (Å²) in [5, 5.41) is 15.2. The molecular formula is C30H33N9O6. The van der Waals surface area contributed by atoms with Gasteiger partial charge in [0.15, 0.2) is 5.03 Å². The molecule has 1 heterocycles. The third kappa shape index (κ3) is 8.10. The molecule has 0 saturated carbocycles. The fourth-order valence-corrected chi connectivity index (χ4v) is 5.16. The topological polar surface area (TPSA) is 241 Å². The van der Waals surface area contributed by atoms with Crippen LogP contribution in [0.1, 0.15) is 51.4 Å². The molecule has 0 fully saturated rings. The molecular weight excluding hydrogens is 582 g/mol. The Kier molecular flexibility index (Phi) is 10.3. The minimum absolute atomic E-state index is 0.0214. The fourth-order valence-electron chi connectivity index (χ4n) is 5.16. The van der Waals surface area contributed by atoms with Crippen LogP contribution in [0.3, 0.4) is 0 Å². The van der Waals surface area contributed by atoms with Gasteiger partial charge in [0.25, 0.3) is 11.9 Å². The van der Waals surface area contributed by atoms with Gasteiger partial charge in [0, 0.05) is 30.9 Å². The van der Waals surface area contributed by atoms with Crippen LogP contribution in [0.5, 0.6) is 0 Å². The predicted molar refractivity (Wildman–Crippen MR) is 165 cm³/mol. The van der Waals surface area contributed by atoms with E-state index in [1.165, 1.54) is 4.90 Å². The summed E-state index contributed by atoms with van der Waals surface area (Å²) in [6.45, 7) is 0.202. The number of hydrogen-bond acceptors (Lipinski definition) is 7. The van der Waals surface area contributed by atoms with E-state index in [0.29, 0.717) is 27.9 Å². The summed E-state index contributed by atoms with van der Waals surface area (Å²) in [4.78, 5) is 67.8. The van der Waals surface area contributed by atoms with Crippen molar-refractivity contribution in [3.05, 3.63) is 111 Å². The Morgan fingerprint density at radius 3 is 2.27 bits per heavy atom. The average molecular weight is 616 g/mol. The van der Waals surface area contributed by atoms with E-state index in [4.69, 9.17) is 17.2 Å². The number of nitro groups is 1. The van der Waals surface area contributed by atoms with Crippen molar-refractivity contribution < 1.29 is 24.2 Å². The molecule has 234 valence electrons. The summed E-state index contributed by atoms with van der Waals surface area (Å²) in [5.74, 6) is -2.97. The van der Waals surface area contributed by atoms with Gasteiger partial charge >= 0.3 is 6.03 Å². The summed E-state index contributed by atoms with van der Waals surface area (Å²) in [6.07, 6.45) is 0.289. The largest absolute Gasteiger partial charge is 0.368 e. The van der Waals surface area contributed by atoms with E-state index in [1.807, 2.05) is 0 Å². The van der Waals surface area contributed by atoms with Gasteiger partial charge < -0.3 is 32.7 Å². The van der Waals surface area contributed by atoms with E-state index < -0.39 is 40.8 Å². The maximum atomic E-state index is 14.7. The van der Waals surface area contributed by atoms with Gasteiger partial charge in [0.2, 0.25) is 11.8 Å². The van der Waals surface area contributed by atoms with Crippen LogP contribution in [0.15, 0.2) is 77.8 Å². The van der Waals surface area contributed by atoms with E-state index in [0.717, 1.165) is 5.56 Å². The zero-order valence-corrected chi connectivity index (χ0v) is 24.1. The monoisotopic (exact) mass is 615 g/mol. The number of nitrogens with zero attached hydrogens (tertiary/aromatic N) is 3. The minimum Gasteiger partial charge on any atom is -0.368 e. The van der Waals surface area contributed by atoms with Crippen LogP contribution in [-0.2, 0) is 22.7 Å². The van der Waals surface area contributed by atoms with Crippen LogP contribution in [0.2, 0.25) is 0 Å². The first-order valence-corrected chi connectivity index (χ1v) is 14.0. The highest BCUT2D eigenvalue weighted by Gasteiger charge is 2.38. The molecule has 0 aliphatic carbocycles. The van der Waals surface area contributed by atoms with E-state index in [2.05, 4.69) is 15.6 Å². The highest BCUT2D eigenvalue weighted by Crippen LogP contribution is 2.38. The number of primary amides is 2. The fraction of sp³-hybridized carbons (Fsp3) is 0.233. The van der Waals surface area contributed by atoms with Crippen LogP contribution in [0.25, 0.3) is 0 Å². The first kappa shape index (κ1) is 31.9. The number of carbonyl (C=O) groups excluding carboxylic acids is 4. The lowest BCUT2D eigenvalue weighted by Gasteiger charge is -2.33. The smallest absolute Gasteiger partial charge is 0.312 e. The second-order valence-electron chi connectivity index (χ2n) is 10.3. The predicted octanol–water partition coefficient (Wildman–Crippen LogP) is 1.31. The first-order valence-electron chi connectivity index (χ1n) is 14.0. The van der Waals surface area contributed by atoms with E-state index in [9.17, 15) is 29.3 Å². The van der Waals surface area contributed by atoms with Gasteiger partial charge in [-0.1, -0.05) is 66.1 Å². The molecule has 0 spiro atoms. The number of hydrogen-bond donors (Lipinski definition) is 6. The van der Waals surface area contributed by atoms with E-state index >= 15 is 0 Å². The van der Waals surface area contributed by atoms with Crippen molar-refractivity contribution in [2.45, 2.75) is 37.9 Å². The molecule has 3 aromatic rings. The summed E-state index contributed by atoms with van der Waals surface area (Å²) in [7, 11) is 0. The molecule has 0 saturated heterocycles. The summed E-state index contributed by atoms with van der Waals surface area (Å²) >= 11 is 0. The van der Waals surface area contributed by atoms with Gasteiger partial charge in [-0.3, -0.25) is 14.4 Å². The lowest BCUT2D eigenvalue weighted by atomic mass is 9.86. The molecule has 2 atom stereocenters. The first-order chi connectivity index (χ1) is 21.5. The standard InChI is InChI=1S/C30H33N9O6/c31-26(40)24(10-5-15-34-29(32)37-39(44)45)38(17-19-13-11-18(12-14-19)16-35-30(33)43)28(42)25-20-6-1-2-7-21(20)27(41)36-23-9-4-3-8-22(23)25/h1-4,6-9,11-14,24-25H,5,10,15-17H2,(H2,31,40)(H,36,41)(H3,32,34,37)(H3,33,35,43)/t24-,25?/m1/s1. The van der Waals surface area contributed by atoms with Crippen LogP contribution in [0, 0.1) is 10.1 Å². The Morgan fingerprint density at radius 2 is 1.60 bits per heavy atom. The molecule has 0 aromatic heterocycles. The number of guanidine groups is 1. The molecule has 15 nitrogen and oxygen atoms in total. The second-order valence-corrected chi connectivity index (χ2v) is 10.3. The van der Waals surface area contributed by atoms with Crippen molar-refractivity contribution in [3.63, 3.8) is 0 Å². The number of urea groups is 1. The molecule has 1 aliphatic heterocycles. The number of para-hydroxylation sites is 1. The lowest BCUT2D eigenvalue weighted by Crippen LogP contribution is -2.49. The molecule has 45 heavy (non-hydrogen) atoms. The van der Waals surface area contributed by atoms with Crippen LogP contribution < -0.4 is 33.3 Å². The Labute approximate surface area is 258 Å². The average Bonchev–Trinajstić information content (AvgIpc) is 3.12. The Bertz CT molecular complexity index is 1630. The van der Waals surface area contributed by atoms with Crippen molar-refractivity contribution in [2.24, 2.45) is 22.2 Å². The normalized spacial score (nSPS) is 14.5. The van der Waals surface area contributed by atoms with Crippen molar-refractivity contribution in [1.29, 1.82) is 0 Å². The lowest BCUT2D eigenvalue weighted by molar-refractivity contribution is -0.525. The van der Waals surface area contributed by atoms with Crippen molar-refractivity contribution >= 4 is 35.4 Å². The number of rotatable bonds is 12. The third-order valence-electron chi connectivity index (χ3n) is 7.24. The maximum Gasteiger partial charge on any atom is 0.312 e. The molecule has 1 aliphatic rings. The molecule has 1 unspecified atom stereocenters. The van der Waals surface area contributed by atoms with Gasteiger partial charge in [-0.2, -0.15) is 0 Å². The van der Waals surface area contributed by atoms with Crippen molar-refractivity contribution in [3.8, 4) is 0 Å². The Balaban J connectivity index is 1.72. The zero-order chi connectivity index (χ0) is 32.5. The van der Waals surface area contributed by atoms with Crippen molar-refractivity contribution in [2.75, 3.05) is 11.9 Å². The van der Waals surface area contributed by atoms with Crippen molar-refractivity contribution in [1.82, 2.24) is 15.6 Å². The molecule has 5 amide bonds. The van der Waals surface area contributed by atoms with Gasteiger partial charge in [-0.15, -0.1) is 0 Å². The summed E-state index contributed by atoms with van der Waals surface area (Å²) in [6, 6.07) is 19.0. The maximum absolute atomic E-state index is 14.7. The summed E-state index contributed by atoms with van der Waals surface area (Å²) < 4.78 is 0. The van der Waals surface area contributed by atoms with E-state index in [1.54, 1.807) is 78.2 Å². The number of nitrogens with two attached hydrogens (primary N) is 3. The van der Waals surface area contributed by atoms with Crippen LogP contribution in [-0.4, -0.2) is 52.2 Å². The van der Waals surface area contributed by atoms with Gasteiger partial charge in [0.1, 0.15) is 6.04 Å². The minimum atomic E-state index is -1.11. The summed E-state index contributed by atoms with van der Waals surface area (Å²) in [5.41, 5.74) is 21.5. The molecule has 15 heteroatoms. The zero-order valence-electron chi connectivity index (χ0n) is 24.1. The van der Waals surface area contributed by atoms with Gasteiger partial charge in [-0.25, -0.2) is 19.9 Å². The number of hydrazine groups is 1. The Morgan fingerprint density at radius 1 is 0.956 bits per heavy atom. The van der Waals surface area contributed by atoms with E-state index in [-0.39, 0.29) is 38.4 Å². The highest BCUT2D eigenvalue weighted by atomic mass is 16.7. The number of nitrogens with one attached hydrogen (secondary N) is 3. The Hall–Kier alpha value is -5.99. The number of anilines is 1. The number of fused-ring (bicyclic) bond motifs is 2. The SMILES string of the molecule is NC(=O)NCc1ccc(CN(C(=O)C2c3ccccc3NC(=O)c3ccccc32)[C@H](CCCN=C(N)N[N+](=O)[O-])C(N)=O)cc1. The number of aliphatic imine (C=N–C) groups is 1. The number of benzene rings is 3. The molecule has 0 bridgehead atoms. The number of carbonyl (C=O) groups is 4.